The lowest BCUT2D eigenvalue weighted by Gasteiger charge is -2.12. The Morgan fingerprint density at radius 2 is 2.00 bits per heavy atom. The van der Waals surface area contributed by atoms with Crippen molar-refractivity contribution in [3.05, 3.63) is 29.8 Å². The second-order valence-electron chi connectivity index (χ2n) is 3.55. The molecule has 0 aliphatic rings. The van der Waals surface area contributed by atoms with E-state index in [9.17, 15) is 0 Å². The first-order valence-electron chi connectivity index (χ1n) is 5.21. The molecule has 1 aromatic carbocycles. The number of aryl methyl sites for hydroxylation is 1. The fourth-order valence-electron chi connectivity index (χ4n) is 1.46. The van der Waals surface area contributed by atoms with Gasteiger partial charge in [0.15, 0.2) is 0 Å². The molecule has 0 heterocycles. The van der Waals surface area contributed by atoms with Crippen molar-refractivity contribution in [3.63, 3.8) is 0 Å². The van der Waals surface area contributed by atoms with Gasteiger partial charge in [-0.25, -0.2) is 0 Å². The Morgan fingerprint density at radius 3 is 2.47 bits per heavy atom. The van der Waals surface area contributed by atoms with Gasteiger partial charge in [-0.1, -0.05) is 12.1 Å². The highest BCUT2D eigenvalue weighted by molar-refractivity contribution is 5.27. The van der Waals surface area contributed by atoms with Gasteiger partial charge in [0.05, 0.1) is 13.7 Å². The lowest BCUT2D eigenvalue weighted by Crippen LogP contribution is -2.29. The van der Waals surface area contributed by atoms with Gasteiger partial charge in [-0.05, 0) is 37.6 Å². The van der Waals surface area contributed by atoms with Gasteiger partial charge < -0.3 is 15.2 Å². The van der Waals surface area contributed by atoms with Crippen LogP contribution in [0.5, 0.6) is 5.75 Å². The lowest BCUT2D eigenvalue weighted by atomic mass is 10.1. The van der Waals surface area contributed by atoms with E-state index < -0.39 is 0 Å². The number of hydrogen-bond acceptors (Lipinski definition) is 3. The molecule has 15 heavy (non-hydrogen) atoms. The third-order valence-electron chi connectivity index (χ3n) is 2.57. The van der Waals surface area contributed by atoms with Crippen LogP contribution in [-0.4, -0.2) is 31.9 Å². The van der Waals surface area contributed by atoms with E-state index in [1.54, 1.807) is 7.11 Å². The van der Waals surface area contributed by atoms with Crippen LogP contribution in [-0.2, 0) is 6.42 Å². The molecule has 84 valence electrons. The highest BCUT2D eigenvalue weighted by Crippen LogP contribution is 2.13. The van der Waals surface area contributed by atoms with Gasteiger partial charge >= 0.3 is 0 Å². The summed E-state index contributed by atoms with van der Waals surface area (Å²) in [7, 11) is 3.53. The van der Waals surface area contributed by atoms with Gasteiger partial charge in [-0.2, -0.15) is 0 Å². The van der Waals surface area contributed by atoms with Crippen LogP contribution in [0.1, 0.15) is 12.0 Å². The smallest absolute Gasteiger partial charge is 0.118 e. The molecule has 1 atom stereocenters. The summed E-state index contributed by atoms with van der Waals surface area (Å²) in [6, 6.07) is 8.23. The van der Waals surface area contributed by atoms with E-state index in [0.717, 1.165) is 18.6 Å². The molecule has 0 saturated carbocycles. The number of likely N-dealkylation sites (N-methyl/N-ethyl adjacent to an activating group) is 1. The molecule has 0 amide bonds. The maximum atomic E-state index is 9.00. The molecule has 0 aromatic heterocycles. The highest BCUT2D eigenvalue weighted by Gasteiger charge is 2.04. The SMILES string of the molecule is CNC(CO)CCc1ccc(OC)cc1. The number of nitrogens with one attached hydrogen (secondary N) is 1. The fourth-order valence-corrected chi connectivity index (χ4v) is 1.46. The summed E-state index contributed by atoms with van der Waals surface area (Å²) in [6.07, 6.45) is 1.91. The summed E-state index contributed by atoms with van der Waals surface area (Å²) in [4.78, 5) is 0. The van der Waals surface area contributed by atoms with Crippen LogP contribution < -0.4 is 10.1 Å². The Kier molecular flexibility index (Phi) is 5.15. The van der Waals surface area contributed by atoms with Gasteiger partial charge in [0.2, 0.25) is 0 Å². The molecule has 0 fully saturated rings. The Morgan fingerprint density at radius 1 is 1.33 bits per heavy atom. The molecular formula is C12H19NO2. The molecule has 3 heteroatoms. The molecule has 3 nitrogen and oxygen atoms in total. The second-order valence-corrected chi connectivity index (χ2v) is 3.55. The zero-order valence-electron chi connectivity index (χ0n) is 9.36. The van der Waals surface area contributed by atoms with Crippen molar-refractivity contribution in [2.45, 2.75) is 18.9 Å². The normalized spacial score (nSPS) is 12.5. The average molecular weight is 209 g/mol. The van der Waals surface area contributed by atoms with Crippen LogP contribution in [0.15, 0.2) is 24.3 Å². The van der Waals surface area contributed by atoms with E-state index in [0.29, 0.717) is 0 Å². The summed E-state index contributed by atoms with van der Waals surface area (Å²) in [5.41, 5.74) is 1.27. The minimum Gasteiger partial charge on any atom is -0.497 e. The van der Waals surface area contributed by atoms with Gasteiger partial charge in [-0.3, -0.25) is 0 Å². The number of benzene rings is 1. The van der Waals surface area contributed by atoms with Crippen molar-refractivity contribution in [2.24, 2.45) is 0 Å². The van der Waals surface area contributed by atoms with Crippen molar-refractivity contribution in [2.75, 3.05) is 20.8 Å². The van der Waals surface area contributed by atoms with Crippen LogP contribution in [0.3, 0.4) is 0 Å². The topological polar surface area (TPSA) is 41.5 Å². The fraction of sp³-hybridized carbons (Fsp3) is 0.500. The second kappa shape index (κ2) is 6.43. The Balaban J connectivity index is 2.43. The van der Waals surface area contributed by atoms with Gasteiger partial charge in [-0.15, -0.1) is 0 Å². The predicted octanol–water partition coefficient (Wildman–Crippen LogP) is 1.21. The molecule has 0 aliphatic heterocycles. The third kappa shape index (κ3) is 3.90. The van der Waals surface area contributed by atoms with Crippen molar-refractivity contribution >= 4 is 0 Å². The first kappa shape index (κ1) is 12.0. The Hall–Kier alpha value is -1.06. The van der Waals surface area contributed by atoms with E-state index in [1.807, 2.05) is 19.2 Å². The quantitative estimate of drug-likeness (QED) is 0.740. The first-order chi connectivity index (χ1) is 7.30. The van der Waals surface area contributed by atoms with Gasteiger partial charge in [0.25, 0.3) is 0 Å². The van der Waals surface area contributed by atoms with Crippen LogP contribution in [0.25, 0.3) is 0 Å². The van der Waals surface area contributed by atoms with E-state index in [4.69, 9.17) is 9.84 Å². The summed E-state index contributed by atoms with van der Waals surface area (Å²) < 4.78 is 5.08. The average Bonchev–Trinajstić information content (AvgIpc) is 2.31. The van der Waals surface area contributed by atoms with Crippen LogP contribution >= 0.6 is 0 Å². The van der Waals surface area contributed by atoms with Crippen LogP contribution in [0, 0.1) is 0 Å². The predicted molar refractivity (Wildman–Crippen MR) is 61.2 cm³/mol. The zero-order valence-corrected chi connectivity index (χ0v) is 9.36. The first-order valence-corrected chi connectivity index (χ1v) is 5.21. The number of hydrogen-bond donors (Lipinski definition) is 2. The lowest BCUT2D eigenvalue weighted by molar-refractivity contribution is 0.242. The third-order valence-corrected chi connectivity index (χ3v) is 2.57. The molecule has 0 bridgehead atoms. The van der Waals surface area contributed by atoms with E-state index in [1.165, 1.54) is 5.56 Å². The van der Waals surface area contributed by atoms with E-state index in [-0.39, 0.29) is 12.6 Å². The molecule has 1 rings (SSSR count). The van der Waals surface area contributed by atoms with Gasteiger partial charge in [0, 0.05) is 6.04 Å². The molecule has 0 saturated heterocycles. The Labute approximate surface area is 91.1 Å². The molecular weight excluding hydrogens is 190 g/mol. The van der Waals surface area contributed by atoms with Crippen molar-refractivity contribution < 1.29 is 9.84 Å². The van der Waals surface area contributed by atoms with E-state index in [2.05, 4.69) is 17.4 Å². The molecule has 0 radical (unpaired) electrons. The number of rotatable bonds is 6. The van der Waals surface area contributed by atoms with Crippen LogP contribution in [0.4, 0.5) is 0 Å². The largest absolute Gasteiger partial charge is 0.497 e. The molecule has 0 spiro atoms. The number of ether oxygens (including phenoxy) is 1. The van der Waals surface area contributed by atoms with Crippen molar-refractivity contribution in [1.82, 2.24) is 5.32 Å². The molecule has 2 N–H and O–H groups in total. The summed E-state index contributed by atoms with van der Waals surface area (Å²) in [6.45, 7) is 0.187. The monoisotopic (exact) mass is 209 g/mol. The molecule has 0 aliphatic carbocycles. The van der Waals surface area contributed by atoms with Crippen molar-refractivity contribution in [1.29, 1.82) is 0 Å². The van der Waals surface area contributed by atoms with Gasteiger partial charge in [0.1, 0.15) is 5.75 Å². The molecule has 1 aromatic rings. The molecule has 1 unspecified atom stereocenters. The number of aliphatic hydroxyl groups excluding tert-OH is 1. The highest BCUT2D eigenvalue weighted by atomic mass is 16.5. The summed E-state index contributed by atoms with van der Waals surface area (Å²) >= 11 is 0. The maximum absolute atomic E-state index is 9.00. The summed E-state index contributed by atoms with van der Waals surface area (Å²) in [5.74, 6) is 0.881. The number of methoxy groups -OCH3 is 1. The van der Waals surface area contributed by atoms with E-state index >= 15 is 0 Å². The Bertz CT molecular complexity index is 267. The minimum absolute atomic E-state index is 0.187. The number of aliphatic hydroxyl groups is 1. The minimum atomic E-state index is 0.187. The van der Waals surface area contributed by atoms with Crippen molar-refractivity contribution in [3.8, 4) is 5.75 Å². The van der Waals surface area contributed by atoms with Crippen LogP contribution in [0.2, 0.25) is 0 Å². The maximum Gasteiger partial charge on any atom is 0.118 e. The standard InChI is InChI=1S/C12H19NO2/c1-13-11(9-14)6-3-10-4-7-12(15-2)8-5-10/h4-5,7-8,11,13-14H,3,6,9H2,1-2H3. The summed E-state index contributed by atoms with van der Waals surface area (Å²) in [5, 5.41) is 12.1. The zero-order chi connectivity index (χ0) is 11.1.